The van der Waals surface area contributed by atoms with Crippen molar-refractivity contribution in [1.82, 2.24) is 10.2 Å². The molecule has 0 unspecified atom stereocenters. The normalized spacial score (nSPS) is 34.7. The Labute approximate surface area is 321 Å². The predicted octanol–water partition coefficient (Wildman–Crippen LogP) is 10.7. The highest BCUT2D eigenvalue weighted by Crippen LogP contribution is 2.69. The Hall–Kier alpha value is -1.14. The van der Waals surface area contributed by atoms with E-state index in [1.807, 2.05) is 14.1 Å². The van der Waals surface area contributed by atoms with Gasteiger partial charge in [-0.15, -0.1) is 0 Å². The van der Waals surface area contributed by atoms with Crippen molar-refractivity contribution in [2.24, 2.45) is 52.3 Å². The molecule has 6 nitrogen and oxygen atoms in total. The van der Waals surface area contributed by atoms with Gasteiger partial charge < -0.3 is 20.1 Å². The number of nitrogens with zero attached hydrogens (tertiary/aromatic N) is 1. The molecule has 6 heteroatoms. The largest absolute Gasteiger partial charge is 0.462 e. The number of fused-ring (bicyclic) bond motifs is 5. The number of aliphatic hydroxyl groups excluding tert-OH is 1. The summed E-state index contributed by atoms with van der Waals surface area (Å²) in [6.45, 7) is 13.8. The van der Waals surface area contributed by atoms with E-state index >= 15 is 0 Å². The fourth-order valence-corrected chi connectivity index (χ4v) is 12.7. The molecule has 302 valence electrons. The van der Waals surface area contributed by atoms with Gasteiger partial charge in [0.25, 0.3) is 0 Å². The second-order valence-corrected chi connectivity index (χ2v) is 19.2. The van der Waals surface area contributed by atoms with Gasteiger partial charge in [-0.2, -0.15) is 0 Å². The van der Waals surface area contributed by atoms with Gasteiger partial charge in [0.05, 0.1) is 6.10 Å². The molecule has 0 bridgehead atoms. The number of nitrogens with one attached hydrogen (secondary N) is 1. The van der Waals surface area contributed by atoms with Crippen LogP contribution in [0.5, 0.6) is 0 Å². The SMILES string of the molecule is CCCCCCCCCCCCCCNC(=O)CC[C@@H](C)[C@H]1CC[C@H]2[C@@H]3[C@H](O)[C@H](CC)[C@@H]4C[C@H](OC(=O)CCCN(C)C)CC[C@]4(C)[C@H]3CC[C@]12C. The van der Waals surface area contributed by atoms with Crippen molar-refractivity contribution < 1.29 is 19.4 Å². The molecule has 4 rings (SSSR count). The molecule has 0 aromatic heterocycles. The summed E-state index contributed by atoms with van der Waals surface area (Å²) in [6, 6.07) is 0. The van der Waals surface area contributed by atoms with Crippen LogP contribution in [-0.4, -0.2) is 61.3 Å². The number of hydrogen-bond donors (Lipinski definition) is 2. The van der Waals surface area contributed by atoms with Crippen LogP contribution in [0.4, 0.5) is 0 Å². The molecular weight excluding hydrogens is 645 g/mol. The molecule has 1 amide bonds. The van der Waals surface area contributed by atoms with Crippen LogP contribution in [0, 0.1) is 52.3 Å². The van der Waals surface area contributed by atoms with Crippen LogP contribution < -0.4 is 5.32 Å². The van der Waals surface area contributed by atoms with Crippen molar-refractivity contribution in [3.8, 4) is 0 Å². The number of aliphatic hydroxyl groups is 1. The molecule has 0 saturated heterocycles. The zero-order valence-corrected chi connectivity index (χ0v) is 35.2. The van der Waals surface area contributed by atoms with E-state index in [9.17, 15) is 14.7 Å². The van der Waals surface area contributed by atoms with Crippen LogP contribution in [0.2, 0.25) is 0 Å². The molecule has 4 saturated carbocycles. The fraction of sp³-hybridized carbons (Fsp3) is 0.957. The predicted molar refractivity (Wildman–Crippen MR) is 216 cm³/mol. The smallest absolute Gasteiger partial charge is 0.306 e. The van der Waals surface area contributed by atoms with Crippen LogP contribution >= 0.6 is 0 Å². The number of ether oxygens (including phenoxy) is 1. The molecule has 0 radical (unpaired) electrons. The number of amides is 1. The Bertz CT molecular complexity index is 1060. The Morgan fingerprint density at radius 2 is 1.40 bits per heavy atom. The maximum atomic E-state index is 12.9. The first-order valence-corrected chi connectivity index (χ1v) is 22.7. The lowest BCUT2D eigenvalue weighted by molar-refractivity contribution is -0.207. The first kappa shape index (κ1) is 43.6. The van der Waals surface area contributed by atoms with Crippen LogP contribution in [0.15, 0.2) is 0 Å². The summed E-state index contributed by atoms with van der Waals surface area (Å²) in [6.07, 6.45) is 27.7. The fourth-order valence-electron chi connectivity index (χ4n) is 12.7. The van der Waals surface area contributed by atoms with Gasteiger partial charge in [-0.3, -0.25) is 9.59 Å². The van der Waals surface area contributed by atoms with Crippen LogP contribution in [0.3, 0.4) is 0 Å². The summed E-state index contributed by atoms with van der Waals surface area (Å²) in [5.41, 5.74) is 0.447. The maximum Gasteiger partial charge on any atom is 0.306 e. The van der Waals surface area contributed by atoms with Crippen molar-refractivity contribution in [2.75, 3.05) is 27.2 Å². The second kappa shape index (κ2) is 21.2. The van der Waals surface area contributed by atoms with E-state index in [0.717, 1.165) is 58.0 Å². The quantitative estimate of drug-likeness (QED) is 0.0809. The summed E-state index contributed by atoms with van der Waals surface area (Å²) < 4.78 is 6.09. The highest BCUT2D eigenvalue weighted by atomic mass is 16.5. The maximum absolute atomic E-state index is 12.9. The third-order valence-corrected chi connectivity index (χ3v) is 15.6. The first-order chi connectivity index (χ1) is 25.0. The molecule has 4 fully saturated rings. The summed E-state index contributed by atoms with van der Waals surface area (Å²) in [5.74, 6) is 3.50. The van der Waals surface area contributed by atoms with Crippen molar-refractivity contribution >= 4 is 11.9 Å². The number of unbranched alkanes of at least 4 members (excludes halogenated alkanes) is 11. The highest BCUT2D eigenvalue weighted by Gasteiger charge is 2.65. The molecular formula is C46H84N2O4. The highest BCUT2D eigenvalue weighted by molar-refractivity contribution is 5.75. The Kier molecular flexibility index (Phi) is 17.8. The third kappa shape index (κ3) is 11.2. The number of carbonyl (C=O) groups is 2. The van der Waals surface area contributed by atoms with E-state index in [1.54, 1.807) is 0 Å². The van der Waals surface area contributed by atoms with Gasteiger partial charge >= 0.3 is 5.97 Å². The van der Waals surface area contributed by atoms with E-state index in [0.29, 0.717) is 48.3 Å². The average molecular weight is 729 g/mol. The van der Waals surface area contributed by atoms with E-state index in [4.69, 9.17) is 4.74 Å². The van der Waals surface area contributed by atoms with Gasteiger partial charge in [0.15, 0.2) is 0 Å². The Morgan fingerprint density at radius 1 is 0.788 bits per heavy atom. The van der Waals surface area contributed by atoms with Gasteiger partial charge in [-0.05, 0) is 137 Å². The molecule has 52 heavy (non-hydrogen) atoms. The van der Waals surface area contributed by atoms with Gasteiger partial charge in [0, 0.05) is 19.4 Å². The number of hydrogen-bond acceptors (Lipinski definition) is 5. The van der Waals surface area contributed by atoms with Crippen molar-refractivity contribution in [3.63, 3.8) is 0 Å². The monoisotopic (exact) mass is 729 g/mol. The van der Waals surface area contributed by atoms with E-state index < -0.39 is 0 Å². The molecule has 0 heterocycles. The van der Waals surface area contributed by atoms with Crippen molar-refractivity contribution in [1.29, 1.82) is 0 Å². The van der Waals surface area contributed by atoms with Gasteiger partial charge in [-0.25, -0.2) is 0 Å². The minimum atomic E-state index is -0.271. The first-order valence-electron chi connectivity index (χ1n) is 22.7. The van der Waals surface area contributed by atoms with Gasteiger partial charge in [-0.1, -0.05) is 112 Å². The molecule has 11 atom stereocenters. The summed E-state index contributed by atoms with van der Waals surface area (Å²) in [7, 11) is 4.09. The number of esters is 1. The molecule has 0 aromatic carbocycles. The standard InChI is InChI=1S/C46H84N2O4/c1-8-10-11-12-13-14-15-16-17-18-19-20-31-47-41(49)26-23-34(3)37-24-25-38-43-39(28-30-45(37,38)4)46(5)29-27-35(33-40(46)36(9-2)44(43)51)52-42(50)22-21-32-48(6)7/h34-40,43-44,51H,8-33H2,1-7H3,(H,47,49)/t34-,35-,36-,37-,38+,39+,40+,43+,44-,45-,46-/m1/s1. The molecule has 2 N–H and O–H groups in total. The van der Waals surface area contributed by atoms with Crippen LogP contribution in [-0.2, 0) is 14.3 Å². The Balaban J connectivity index is 1.20. The Morgan fingerprint density at radius 3 is 2.04 bits per heavy atom. The second-order valence-electron chi connectivity index (χ2n) is 19.2. The van der Waals surface area contributed by atoms with E-state index in [-0.39, 0.29) is 40.8 Å². The van der Waals surface area contributed by atoms with Crippen molar-refractivity contribution in [2.45, 2.75) is 201 Å². The average Bonchev–Trinajstić information content (AvgIpc) is 3.47. The van der Waals surface area contributed by atoms with Crippen LogP contribution in [0.1, 0.15) is 189 Å². The number of rotatable bonds is 23. The number of carbonyl (C=O) groups excluding carboxylic acids is 2. The van der Waals surface area contributed by atoms with Crippen LogP contribution in [0.25, 0.3) is 0 Å². The minimum absolute atomic E-state index is 0.00460. The summed E-state index contributed by atoms with van der Waals surface area (Å²) in [5, 5.41) is 15.5. The van der Waals surface area contributed by atoms with E-state index in [1.165, 1.54) is 96.3 Å². The molecule has 4 aliphatic carbocycles. The zero-order valence-electron chi connectivity index (χ0n) is 35.2. The van der Waals surface area contributed by atoms with Crippen molar-refractivity contribution in [3.05, 3.63) is 0 Å². The summed E-state index contributed by atoms with van der Waals surface area (Å²) >= 11 is 0. The lowest BCUT2D eigenvalue weighted by Crippen LogP contribution is -2.62. The molecule has 0 spiro atoms. The third-order valence-electron chi connectivity index (χ3n) is 15.6. The van der Waals surface area contributed by atoms with E-state index in [2.05, 4.69) is 44.8 Å². The molecule has 0 aliphatic heterocycles. The van der Waals surface area contributed by atoms with Gasteiger partial charge in [0.2, 0.25) is 5.91 Å². The van der Waals surface area contributed by atoms with Gasteiger partial charge in [0.1, 0.15) is 6.10 Å². The lowest BCUT2D eigenvalue weighted by Gasteiger charge is -2.65. The molecule has 0 aromatic rings. The lowest BCUT2D eigenvalue weighted by atomic mass is 9.41. The topological polar surface area (TPSA) is 78.9 Å². The minimum Gasteiger partial charge on any atom is -0.462 e. The summed E-state index contributed by atoms with van der Waals surface area (Å²) in [4.78, 5) is 27.7. The zero-order chi connectivity index (χ0) is 37.7. The molecule has 4 aliphatic rings.